The molecule has 0 saturated carbocycles. The normalized spacial score (nSPS) is 14.4. The van der Waals surface area contributed by atoms with Crippen LogP contribution in [0.25, 0.3) is 10.8 Å². The van der Waals surface area contributed by atoms with E-state index in [1.54, 1.807) is 44.3 Å². The molecular formula is C20H25N5O4S. The number of carbonyl (C=O) groups excluding carboxylic acids is 3. The summed E-state index contributed by atoms with van der Waals surface area (Å²) in [6.07, 6.45) is 4.40. The predicted molar refractivity (Wildman–Crippen MR) is 111 cm³/mol. The van der Waals surface area contributed by atoms with Gasteiger partial charge in [-0.3, -0.25) is 14.4 Å². The lowest BCUT2D eigenvalue weighted by Gasteiger charge is -2.32. The highest BCUT2D eigenvalue weighted by atomic mass is 32.1. The lowest BCUT2D eigenvalue weighted by Crippen LogP contribution is -2.45. The van der Waals surface area contributed by atoms with E-state index in [9.17, 15) is 14.4 Å². The first-order valence-electron chi connectivity index (χ1n) is 9.85. The Labute approximate surface area is 179 Å². The maximum absolute atomic E-state index is 12.9. The van der Waals surface area contributed by atoms with Gasteiger partial charge in [-0.05, 0) is 32.8 Å². The molecule has 30 heavy (non-hydrogen) atoms. The molecule has 0 spiro atoms. The molecule has 1 aliphatic heterocycles. The number of aromatic nitrogens is 3. The van der Waals surface area contributed by atoms with E-state index in [0.717, 1.165) is 0 Å². The van der Waals surface area contributed by atoms with Crippen LogP contribution in [0.15, 0.2) is 18.5 Å². The number of piperidine rings is 1. The molecule has 0 aliphatic carbocycles. The summed E-state index contributed by atoms with van der Waals surface area (Å²) >= 11 is 1.22. The quantitative estimate of drug-likeness (QED) is 0.642. The van der Waals surface area contributed by atoms with Crippen LogP contribution in [0.3, 0.4) is 0 Å². The Balaban J connectivity index is 1.58. The number of amides is 2. The number of nitrogens with zero attached hydrogens (tertiary/aromatic N) is 5. The van der Waals surface area contributed by atoms with Gasteiger partial charge in [0.15, 0.2) is 10.8 Å². The first-order valence-corrected chi connectivity index (χ1v) is 10.7. The molecule has 3 rings (SSSR count). The van der Waals surface area contributed by atoms with E-state index in [0.29, 0.717) is 53.9 Å². The summed E-state index contributed by atoms with van der Waals surface area (Å²) in [7, 11) is 1.60. The van der Waals surface area contributed by atoms with Gasteiger partial charge in [0, 0.05) is 32.5 Å². The third kappa shape index (κ3) is 4.99. The molecule has 9 nitrogen and oxygen atoms in total. The summed E-state index contributed by atoms with van der Waals surface area (Å²) in [4.78, 5) is 53.6. The van der Waals surface area contributed by atoms with Crippen LogP contribution in [-0.2, 0) is 14.3 Å². The molecule has 2 aromatic rings. The van der Waals surface area contributed by atoms with Crippen molar-refractivity contribution in [2.75, 3.05) is 33.3 Å². The molecule has 0 atom stereocenters. The number of likely N-dealkylation sites (tertiary alicyclic amines) is 1. The van der Waals surface area contributed by atoms with Crippen LogP contribution < -0.4 is 0 Å². The summed E-state index contributed by atoms with van der Waals surface area (Å²) in [5.74, 6) is -0.292. The SMILES string of the molecule is CCOC(=O)C1CCN(C(=O)CN(C)C(=O)c2sc(-c3ncccn3)nc2C)CC1. The highest BCUT2D eigenvalue weighted by molar-refractivity contribution is 7.17. The number of esters is 1. The number of likely N-dealkylation sites (N-methyl/N-ethyl adjacent to an activating group) is 1. The summed E-state index contributed by atoms with van der Waals surface area (Å²) in [5.41, 5.74) is 0.585. The molecule has 2 aromatic heterocycles. The average molecular weight is 432 g/mol. The number of hydrogen-bond donors (Lipinski definition) is 0. The van der Waals surface area contributed by atoms with Crippen LogP contribution >= 0.6 is 11.3 Å². The lowest BCUT2D eigenvalue weighted by atomic mass is 9.97. The monoisotopic (exact) mass is 431 g/mol. The van der Waals surface area contributed by atoms with Crippen LogP contribution in [0.2, 0.25) is 0 Å². The zero-order chi connectivity index (χ0) is 21.7. The Bertz CT molecular complexity index is 909. The van der Waals surface area contributed by atoms with Crippen molar-refractivity contribution in [2.24, 2.45) is 5.92 Å². The second-order valence-electron chi connectivity index (χ2n) is 7.07. The summed E-state index contributed by atoms with van der Waals surface area (Å²) in [6.45, 7) is 4.84. The summed E-state index contributed by atoms with van der Waals surface area (Å²) < 4.78 is 5.06. The van der Waals surface area contributed by atoms with Crippen LogP contribution in [0.4, 0.5) is 0 Å². The van der Waals surface area contributed by atoms with Gasteiger partial charge in [-0.1, -0.05) is 0 Å². The van der Waals surface area contributed by atoms with Gasteiger partial charge < -0.3 is 14.5 Å². The Kier molecular flexibility index (Phi) is 7.09. The molecule has 1 aliphatic rings. The molecule has 0 N–H and O–H groups in total. The molecule has 1 fully saturated rings. The molecule has 0 aromatic carbocycles. The van der Waals surface area contributed by atoms with Crippen LogP contribution in [0.1, 0.15) is 35.1 Å². The van der Waals surface area contributed by atoms with Gasteiger partial charge in [-0.15, -0.1) is 11.3 Å². The van der Waals surface area contributed by atoms with Gasteiger partial charge >= 0.3 is 5.97 Å². The van der Waals surface area contributed by atoms with Crippen molar-refractivity contribution in [3.63, 3.8) is 0 Å². The molecule has 0 bridgehead atoms. The largest absolute Gasteiger partial charge is 0.466 e. The number of rotatable bonds is 6. The lowest BCUT2D eigenvalue weighted by molar-refractivity contribution is -0.151. The predicted octanol–water partition coefficient (Wildman–Crippen LogP) is 1.78. The van der Waals surface area contributed by atoms with Crippen LogP contribution in [0, 0.1) is 12.8 Å². The zero-order valence-electron chi connectivity index (χ0n) is 17.3. The Morgan fingerprint density at radius 2 is 1.90 bits per heavy atom. The highest BCUT2D eigenvalue weighted by Crippen LogP contribution is 2.26. The van der Waals surface area contributed by atoms with E-state index in [4.69, 9.17) is 4.74 Å². The van der Waals surface area contributed by atoms with Gasteiger partial charge in [-0.2, -0.15) is 0 Å². The number of ether oxygens (including phenoxy) is 1. The van der Waals surface area contributed by atoms with E-state index >= 15 is 0 Å². The van der Waals surface area contributed by atoms with Gasteiger partial charge in [-0.25, -0.2) is 15.0 Å². The third-order valence-corrected chi connectivity index (χ3v) is 6.08. The fourth-order valence-electron chi connectivity index (χ4n) is 3.27. The van der Waals surface area contributed by atoms with Crippen LogP contribution in [0.5, 0.6) is 0 Å². The van der Waals surface area contributed by atoms with Gasteiger partial charge in [0.2, 0.25) is 5.91 Å². The third-order valence-electron chi connectivity index (χ3n) is 4.93. The van der Waals surface area contributed by atoms with E-state index in [-0.39, 0.29) is 30.2 Å². The van der Waals surface area contributed by atoms with E-state index in [1.165, 1.54) is 16.2 Å². The molecule has 3 heterocycles. The topological polar surface area (TPSA) is 106 Å². The van der Waals surface area contributed by atoms with E-state index < -0.39 is 0 Å². The fraction of sp³-hybridized carbons (Fsp3) is 0.500. The van der Waals surface area contributed by atoms with Gasteiger partial charge in [0.1, 0.15) is 4.88 Å². The number of hydrogen-bond acceptors (Lipinski definition) is 8. The molecular weight excluding hydrogens is 406 g/mol. The Morgan fingerprint density at radius 3 is 2.53 bits per heavy atom. The maximum Gasteiger partial charge on any atom is 0.309 e. The zero-order valence-corrected chi connectivity index (χ0v) is 18.1. The van der Waals surface area contributed by atoms with Crippen molar-refractivity contribution >= 4 is 29.1 Å². The highest BCUT2D eigenvalue weighted by Gasteiger charge is 2.29. The number of aryl methyl sites for hydroxylation is 1. The number of carbonyl (C=O) groups is 3. The number of thiazole rings is 1. The maximum atomic E-state index is 12.9. The minimum atomic E-state index is -0.262. The van der Waals surface area contributed by atoms with Crippen molar-refractivity contribution in [3.05, 3.63) is 29.0 Å². The van der Waals surface area contributed by atoms with Gasteiger partial charge in [0.05, 0.1) is 24.8 Å². The molecule has 1 saturated heterocycles. The minimum absolute atomic E-state index is 0.0303. The van der Waals surface area contributed by atoms with E-state index in [2.05, 4.69) is 15.0 Å². The first kappa shape index (κ1) is 21.8. The average Bonchev–Trinajstić information content (AvgIpc) is 3.15. The second-order valence-corrected chi connectivity index (χ2v) is 8.07. The standard InChI is InChI=1S/C20H25N5O4S/c1-4-29-20(28)14-6-10-25(11-7-14)15(26)12-24(3)19(27)16-13(2)23-18(30-16)17-21-8-5-9-22-17/h5,8-9,14H,4,6-7,10-12H2,1-3H3. The molecule has 160 valence electrons. The Morgan fingerprint density at radius 1 is 1.23 bits per heavy atom. The molecule has 10 heteroatoms. The van der Waals surface area contributed by atoms with Crippen molar-refractivity contribution in [1.82, 2.24) is 24.8 Å². The molecule has 2 amide bonds. The summed E-state index contributed by atoms with van der Waals surface area (Å²) in [6, 6.07) is 1.71. The fourth-order valence-corrected chi connectivity index (χ4v) is 4.28. The Hall–Kier alpha value is -2.88. The smallest absolute Gasteiger partial charge is 0.309 e. The van der Waals surface area contributed by atoms with Crippen LogP contribution in [-0.4, -0.2) is 75.8 Å². The van der Waals surface area contributed by atoms with Crippen molar-refractivity contribution in [3.8, 4) is 10.8 Å². The first-order chi connectivity index (χ1) is 14.4. The van der Waals surface area contributed by atoms with Gasteiger partial charge in [0.25, 0.3) is 5.91 Å². The van der Waals surface area contributed by atoms with Crippen molar-refractivity contribution < 1.29 is 19.1 Å². The van der Waals surface area contributed by atoms with E-state index in [1.807, 2.05) is 0 Å². The second kappa shape index (κ2) is 9.75. The molecule has 0 unspecified atom stereocenters. The van der Waals surface area contributed by atoms with Crippen molar-refractivity contribution in [1.29, 1.82) is 0 Å². The summed E-state index contributed by atoms with van der Waals surface area (Å²) in [5, 5.41) is 0.567. The molecule has 0 radical (unpaired) electrons. The van der Waals surface area contributed by atoms with Crippen molar-refractivity contribution in [2.45, 2.75) is 26.7 Å². The minimum Gasteiger partial charge on any atom is -0.466 e.